The lowest BCUT2D eigenvalue weighted by Crippen LogP contribution is -2.43. The Labute approximate surface area is 83.9 Å². The molecule has 0 saturated heterocycles. The van der Waals surface area contributed by atoms with Crippen LogP contribution in [0.25, 0.3) is 0 Å². The normalized spacial score (nSPS) is 14.5. The molecule has 0 spiro atoms. The van der Waals surface area contributed by atoms with Crippen molar-refractivity contribution >= 4 is 11.9 Å². The largest absolute Gasteiger partial charge is 0.480 e. The molecule has 0 rings (SSSR count). The fourth-order valence-corrected chi connectivity index (χ4v) is 0.871. The number of carbonyl (C=O) groups is 2. The monoisotopic (exact) mass is 202 g/mol. The zero-order valence-corrected chi connectivity index (χ0v) is 8.83. The maximum atomic E-state index is 11.3. The first kappa shape index (κ1) is 12.9. The van der Waals surface area contributed by atoms with Gasteiger partial charge in [0.1, 0.15) is 6.04 Å². The van der Waals surface area contributed by atoms with E-state index < -0.39 is 12.0 Å². The molecular formula is C9H18N2O3. The van der Waals surface area contributed by atoms with Gasteiger partial charge >= 0.3 is 5.97 Å². The molecule has 5 heteroatoms. The third-order valence-corrected chi connectivity index (χ3v) is 1.88. The summed E-state index contributed by atoms with van der Waals surface area (Å²) < 4.78 is 0. The summed E-state index contributed by atoms with van der Waals surface area (Å²) in [6, 6.07) is -0.827. The van der Waals surface area contributed by atoms with E-state index >= 15 is 0 Å². The van der Waals surface area contributed by atoms with Crippen LogP contribution in [-0.2, 0) is 9.59 Å². The number of amides is 1. The van der Waals surface area contributed by atoms with Gasteiger partial charge in [-0.15, -0.1) is 0 Å². The number of aliphatic carboxylic acids is 1. The van der Waals surface area contributed by atoms with Crippen LogP contribution in [0.4, 0.5) is 0 Å². The topological polar surface area (TPSA) is 78.4 Å². The summed E-state index contributed by atoms with van der Waals surface area (Å²) >= 11 is 0. The molecule has 3 N–H and O–H groups in total. The lowest BCUT2D eigenvalue weighted by Gasteiger charge is -2.14. The van der Waals surface area contributed by atoms with Crippen molar-refractivity contribution in [2.75, 3.05) is 13.1 Å². The molecule has 0 radical (unpaired) electrons. The maximum Gasteiger partial charge on any atom is 0.325 e. The van der Waals surface area contributed by atoms with Crippen molar-refractivity contribution in [3.05, 3.63) is 0 Å². The average molecular weight is 202 g/mol. The fourth-order valence-electron chi connectivity index (χ4n) is 0.871. The molecule has 0 aromatic rings. The van der Waals surface area contributed by atoms with E-state index in [1.165, 1.54) is 6.92 Å². The van der Waals surface area contributed by atoms with Crippen molar-refractivity contribution in [3.63, 3.8) is 0 Å². The molecule has 0 aliphatic heterocycles. The Kier molecular flexibility index (Phi) is 5.87. The van der Waals surface area contributed by atoms with Crippen LogP contribution in [0.3, 0.4) is 0 Å². The number of carboxylic acids is 1. The first-order chi connectivity index (χ1) is 6.49. The molecule has 2 atom stereocenters. The molecule has 82 valence electrons. The summed E-state index contributed by atoms with van der Waals surface area (Å²) in [7, 11) is 0. The zero-order chi connectivity index (χ0) is 11.1. The molecular weight excluding hydrogens is 184 g/mol. The zero-order valence-electron chi connectivity index (χ0n) is 8.83. The second-order valence-electron chi connectivity index (χ2n) is 3.28. The van der Waals surface area contributed by atoms with Gasteiger partial charge in [-0.1, -0.05) is 13.8 Å². The van der Waals surface area contributed by atoms with Crippen LogP contribution in [0.5, 0.6) is 0 Å². The van der Waals surface area contributed by atoms with Crippen LogP contribution in [0.1, 0.15) is 20.8 Å². The van der Waals surface area contributed by atoms with Gasteiger partial charge in [0.2, 0.25) is 5.91 Å². The van der Waals surface area contributed by atoms with E-state index in [9.17, 15) is 9.59 Å². The Bertz CT molecular complexity index is 206. The third kappa shape index (κ3) is 4.81. The van der Waals surface area contributed by atoms with Crippen molar-refractivity contribution in [1.82, 2.24) is 10.6 Å². The molecule has 0 aromatic carbocycles. The van der Waals surface area contributed by atoms with Crippen LogP contribution in [0.15, 0.2) is 0 Å². The van der Waals surface area contributed by atoms with Gasteiger partial charge < -0.3 is 15.7 Å². The van der Waals surface area contributed by atoms with Crippen molar-refractivity contribution in [2.24, 2.45) is 5.92 Å². The van der Waals surface area contributed by atoms with Crippen molar-refractivity contribution in [3.8, 4) is 0 Å². The maximum absolute atomic E-state index is 11.3. The van der Waals surface area contributed by atoms with Crippen LogP contribution >= 0.6 is 0 Å². The van der Waals surface area contributed by atoms with Crippen LogP contribution < -0.4 is 10.6 Å². The minimum absolute atomic E-state index is 0.211. The van der Waals surface area contributed by atoms with Crippen LogP contribution in [0.2, 0.25) is 0 Å². The Morgan fingerprint density at radius 2 is 1.93 bits per heavy atom. The summed E-state index contributed by atoms with van der Waals surface area (Å²) in [5, 5.41) is 14.0. The van der Waals surface area contributed by atoms with E-state index in [4.69, 9.17) is 5.11 Å². The lowest BCUT2D eigenvalue weighted by atomic mass is 10.1. The van der Waals surface area contributed by atoms with E-state index in [1.54, 1.807) is 6.92 Å². The minimum Gasteiger partial charge on any atom is -0.480 e. The SMILES string of the molecule is CCNCC(C)C(=O)N[C@H](C)C(=O)O. The number of rotatable bonds is 6. The van der Waals surface area contributed by atoms with Crippen LogP contribution in [0, 0.1) is 5.92 Å². The molecule has 0 aromatic heterocycles. The van der Waals surface area contributed by atoms with Gasteiger partial charge in [0.25, 0.3) is 0 Å². The summed E-state index contributed by atoms with van der Waals surface area (Å²) in [4.78, 5) is 21.8. The molecule has 1 unspecified atom stereocenters. The molecule has 0 aliphatic carbocycles. The van der Waals surface area contributed by atoms with Gasteiger partial charge in [-0.05, 0) is 13.5 Å². The Morgan fingerprint density at radius 3 is 2.36 bits per heavy atom. The van der Waals surface area contributed by atoms with Gasteiger partial charge in [0, 0.05) is 12.5 Å². The van der Waals surface area contributed by atoms with E-state index in [2.05, 4.69) is 10.6 Å². The quantitative estimate of drug-likeness (QED) is 0.558. The molecule has 0 heterocycles. The highest BCUT2D eigenvalue weighted by molar-refractivity contribution is 5.84. The number of hydrogen-bond acceptors (Lipinski definition) is 3. The molecule has 5 nitrogen and oxygen atoms in total. The van der Waals surface area contributed by atoms with E-state index in [0.29, 0.717) is 6.54 Å². The molecule has 0 fully saturated rings. The summed E-state index contributed by atoms with van der Waals surface area (Å²) in [5.41, 5.74) is 0. The summed E-state index contributed by atoms with van der Waals surface area (Å²) in [6.45, 7) is 6.51. The molecule has 14 heavy (non-hydrogen) atoms. The third-order valence-electron chi connectivity index (χ3n) is 1.88. The van der Waals surface area contributed by atoms with Gasteiger partial charge in [0.15, 0.2) is 0 Å². The predicted octanol–water partition coefficient (Wildman–Crippen LogP) is -0.179. The van der Waals surface area contributed by atoms with Gasteiger partial charge in [-0.3, -0.25) is 9.59 Å². The molecule has 0 bridgehead atoms. The van der Waals surface area contributed by atoms with Gasteiger partial charge in [-0.25, -0.2) is 0 Å². The number of carbonyl (C=O) groups excluding carboxylic acids is 1. The molecule has 0 saturated carbocycles. The van der Waals surface area contributed by atoms with Crippen molar-refractivity contribution < 1.29 is 14.7 Å². The minimum atomic E-state index is -1.02. The van der Waals surface area contributed by atoms with Gasteiger partial charge in [0.05, 0.1) is 0 Å². The smallest absolute Gasteiger partial charge is 0.325 e. The Hall–Kier alpha value is -1.10. The standard InChI is InChI=1S/C9H18N2O3/c1-4-10-5-6(2)8(12)11-7(3)9(13)14/h6-7,10H,4-5H2,1-3H3,(H,11,12)(H,13,14)/t6?,7-/m1/s1. The predicted molar refractivity (Wildman–Crippen MR) is 52.9 cm³/mol. The Morgan fingerprint density at radius 1 is 1.36 bits per heavy atom. The van der Waals surface area contributed by atoms with Crippen molar-refractivity contribution in [2.45, 2.75) is 26.8 Å². The van der Waals surface area contributed by atoms with Crippen LogP contribution in [-0.4, -0.2) is 36.1 Å². The summed E-state index contributed by atoms with van der Waals surface area (Å²) in [6.07, 6.45) is 0. The first-order valence-electron chi connectivity index (χ1n) is 4.73. The highest BCUT2D eigenvalue weighted by Gasteiger charge is 2.18. The molecule has 1 amide bonds. The second kappa shape index (κ2) is 6.37. The Balaban J connectivity index is 3.88. The first-order valence-corrected chi connectivity index (χ1v) is 4.73. The summed E-state index contributed by atoms with van der Waals surface area (Å²) in [5.74, 6) is -1.47. The van der Waals surface area contributed by atoms with Crippen molar-refractivity contribution in [1.29, 1.82) is 0 Å². The number of hydrogen-bond donors (Lipinski definition) is 3. The highest BCUT2D eigenvalue weighted by atomic mass is 16.4. The second-order valence-corrected chi connectivity index (χ2v) is 3.28. The molecule has 0 aliphatic rings. The number of carboxylic acid groups (broad SMARTS) is 1. The van der Waals surface area contributed by atoms with Gasteiger partial charge in [-0.2, -0.15) is 0 Å². The van der Waals surface area contributed by atoms with E-state index in [-0.39, 0.29) is 11.8 Å². The van der Waals surface area contributed by atoms with E-state index in [1.807, 2.05) is 6.92 Å². The number of nitrogens with one attached hydrogen (secondary N) is 2. The lowest BCUT2D eigenvalue weighted by molar-refractivity contribution is -0.141. The van der Waals surface area contributed by atoms with E-state index in [0.717, 1.165) is 6.54 Å². The highest BCUT2D eigenvalue weighted by Crippen LogP contribution is 1.94. The fraction of sp³-hybridized carbons (Fsp3) is 0.778. The average Bonchev–Trinajstić information content (AvgIpc) is 2.13.